The molecular formula is C26H34F2N4OS. The average molecular weight is 489 g/mol. The second kappa shape index (κ2) is 15.1. The van der Waals surface area contributed by atoms with E-state index in [0.29, 0.717) is 19.3 Å². The average Bonchev–Trinajstić information content (AvgIpc) is 3.30. The summed E-state index contributed by atoms with van der Waals surface area (Å²) in [5.41, 5.74) is 3.75. The van der Waals surface area contributed by atoms with Crippen molar-refractivity contribution in [3.8, 4) is 17.2 Å². The molecule has 1 heterocycles. The molecule has 1 aliphatic carbocycles. The Labute approximate surface area is 205 Å². The molecule has 8 heteroatoms. The van der Waals surface area contributed by atoms with Crippen molar-refractivity contribution >= 4 is 23.9 Å². The van der Waals surface area contributed by atoms with Crippen molar-refractivity contribution in [2.75, 3.05) is 12.8 Å². The zero-order valence-electron chi connectivity index (χ0n) is 20.4. The molecule has 0 unspecified atom stereocenters. The normalized spacial score (nSPS) is 14.7. The molecular weight excluding hydrogens is 454 g/mol. The molecule has 0 spiro atoms. The van der Waals surface area contributed by atoms with Gasteiger partial charge in [-0.1, -0.05) is 38.6 Å². The van der Waals surface area contributed by atoms with E-state index >= 15 is 0 Å². The van der Waals surface area contributed by atoms with Crippen LogP contribution < -0.4 is 5.32 Å². The SMILES string of the molecule is C=C(/C=C\C)n1cc(-c2ccc(SC)cc2)c(C2CCC(F)(F)CC2)n1.CC.N#CCNC=O. The lowest BCUT2D eigenvalue weighted by atomic mass is 9.83. The van der Waals surface area contributed by atoms with Crippen molar-refractivity contribution in [3.63, 3.8) is 0 Å². The Morgan fingerprint density at radius 2 is 1.94 bits per heavy atom. The first-order chi connectivity index (χ1) is 16.3. The van der Waals surface area contributed by atoms with Gasteiger partial charge in [-0.05, 0) is 49.8 Å². The van der Waals surface area contributed by atoms with Crippen LogP contribution in [0.25, 0.3) is 16.8 Å². The van der Waals surface area contributed by atoms with E-state index in [2.05, 4.69) is 36.2 Å². The number of allylic oxidation sites excluding steroid dienone is 3. The van der Waals surface area contributed by atoms with Crippen LogP contribution in [0.3, 0.4) is 0 Å². The predicted octanol–water partition coefficient (Wildman–Crippen LogP) is 6.89. The number of rotatable bonds is 7. The van der Waals surface area contributed by atoms with Crippen LogP contribution in [0, 0.1) is 11.3 Å². The summed E-state index contributed by atoms with van der Waals surface area (Å²) >= 11 is 1.69. The molecule has 0 aliphatic heterocycles. The van der Waals surface area contributed by atoms with E-state index in [1.165, 1.54) is 4.90 Å². The lowest BCUT2D eigenvalue weighted by Crippen LogP contribution is -2.24. The molecule has 0 atom stereocenters. The van der Waals surface area contributed by atoms with Gasteiger partial charge in [-0.3, -0.25) is 4.79 Å². The summed E-state index contributed by atoms with van der Waals surface area (Å²) in [6, 6.07) is 10.0. The number of hydrogen-bond acceptors (Lipinski definition) is 4. The number of benzene rings is 1. The van der Waals surface area contributed by atoms with Crippen LogP contribution in [-0.2, 0) is 4.79 Å². The van der Waals surface area contributed by atoms with Gasteiger partial charge in [0.05, 0.1) is 17.5 Å². The quantitative estimate of drug-likeness (QED) is 0.151. The Bertz CT molecular complexity index is 968. The predicted molar refractivity (Wildman–Crippen MR) is 137 cm³/mol. The number of nitrogens with zero attached hydrogens (tertiary/aromatic N) is 3. The van der Waals surface area contributed by atoms with E-state index < -0.39 is 5.92 Å². The summed E-state index contributed by atoms with van der Waals surface area (Å²) in [6.07, 6.45) is 9.12. The lowest BCUT2D eigenvalue weighted by molar-refractivity contribution is -0.109. The van der Waals surface area contributed by atoms with Gasteiger partial charge in [0, 0.05) is 35.4 Å². The van der Waals surface area contributed by atoms with E-state index in [1.54, 1.807) is 22.5 Å². The fourth-order valence-corrected chi connectivity index (χ4v) is 3.91. The van der Waals surface area contributed by atoms with Gasteiger partial charge < -0.3 is 5.32 Å². The summed E-state index contributed by atoms with van der Waals surface area (Å²) in [5, 5.41) is 14.6. The van der Waals surface area contributed by atoms with Gasteiger partial charge in [-0.15, -0.1) is 11.8 Å². The monoisotopic (exact) mass is 488 g/mol. The Morgan fingerprint density at radius 3 is 2.41 bits per heavy atom. The highest BCUT2D eigenvalue weighted by molar-refractivity contribution is 7.98. The van der Waals surface area contributed by atoms with Crippen molar-refractivity contribution in [1.29, 1.82) is 5.26 Å². The molecule has 1 fully saturated rings. The second-order valence-corrected chi connectivity index (χ2v) is 8.26. The molecule has 1 aliphatic rings. The minimum Gasteiger partial charge on any atom is -0.346 e. The van der Waals surface area contributed by atoms with Crippen LogP contribution in [0.5, 0.6) is 0 Å². The zero-order valence-corrected chi connectivity index (χ0v) is 21.2. The van der Waals surface area contributed by atoms with E-state index in [9.17, 15) is 13.6 Å². The van der Waals surface area contributed by atoms with Crippen LogP contribution in [-0.4, -0.2) is 34.9 Å². The molecule has 3 rings (SSSR count). The topological polar surface area (TPSA) is 70.7 Å². The zero-order chi connectivity index (χ0) is 25.6. The van der Waals surface area contributed by atoms with Gasteiger partial charge in [0.15, 0.2) is 0 Å². The van der Waals surface area contributed by atoms with E-state index in [1.807, 2.05) is 45.4 Å². The maximum absolute atomic E-state index is 13.6. The van der Waals surface area contributed by atoms with E-state index in [-0.39, 0.29) is 25.3 Å². The Balaban J connectivity index is 0.000000631. The number of alkyl halides is 2. The smallest absolute Gasteiger partial charge is 0.248 e. The number of hydrogen-bond donors (Lipinski definition) is 1. The summed E-state index contributed by atoms with van der Waals surface area (Å²) in [5.74, 6) is -2.47. The number of carbonyl (C=O) groups is 1. The van der Waals surface area contributed by atoms with Gasteiger partial charge in [0.2, 0.25) is 12.3 Å². The number of halogens is 2. The number of nitrogens with one attached hydrogen (secondary N) is 1. The van der Waals surface area contributed by atoms with Gasteiger partial charge in [0.1, 0.15) is 6.54 Å². The van der Waals surface area contributed by atoms with Crippen LogP contribution in [0.4, 0.5) is 8.78 Å². The van der Waals surface area contributed by atoms with Crippen LogP contribution >= 0.6 is 11.8 Å². The molecule has 0 saturated heterocycles. The summed E-state index contributed by atoms with van der Waals surface area (Å²) in [7, 11) is 0. The highest BCUT2D eigenvalue weighted by Crippen LogP contribution is 2.43. The van der Waals surface area contributed by atoms with Crippen molar-refractivity contribution in [1.82, 2.24) is 15.1 Å². The minimum atomic E-state index is -2.53. The summed E-state index contributed by atoms with van der Waals surface area (Å²) in [4.78, 5) is 10.5. The van der Waals surface area contributed by atoms with Crippen LogP contribution in [0.2, 0.25) is 0 Å². The van der Waals surface area contributed by atoms with Gasteiger partial charge in [0.25, 0.3) is 0 Å². The third-order valence-electron chi connectivity index (χ3n) is 5.17. The molecule has 0 bridgehead atoms. The maximum Gasteiger partial charge on any atom is 0.248 e. The maximum atomic E-state index is 13.6. The lowest BCUT2D eigenvalue weighted by Gasteiger charge is -2.27. The summed E-state index contributed by atoms with van der Waals surface area (Å²) in [6.45, 7) is 10.1. The van der Waals surface area contributed by atoms with E-state index in [4.69, 9.17) is 10.4 Å². The molecule has 1 saturated carbocycles. The largest absolute Gasteiger partial charge is 0.346 e. The minimum absolute atomic E-state index is 0.0597. The molecule has 1 amide bonds. The van der Waals surface area contributed by atoms with E-state index in [0.717, 1.165) is 22.5 Å². The third kappa shape index (κ3) is 8.79. The van der Waals surface area contributed by atoms with Gasteiger partial charge in [-0.25, -0.2) is 13.5 Å². The van der Waals surface area contributed by atoms with Crippen molar-refractivity contribution in [3.05, 3.63) is 54.9 Å². The first kappa shape index (κ1) is 29.1. The van der Waals surface area contributed by atoms with Crippen molar-refractivity contribution in [2.45, 2.75) is 63.2 Å². The fourth-order valence-electron chi connectivity index (χ4n) is 3.50. The van der Waals surface area contributed by atoms with Crippen LogP contribution in [0.15, 0.2) is 54.1 Å². The third-order valence-corrected chi connectivity index (χ3v) is 5.91. The summed E-state index contributed by atoms with van der Waals surface area (Å²) < 4.78 is 28.9. The van der Waals surface area contributed by atoms with Gasteiger partial charge >= 0.3 is 0 Å². The Hall–Kier alpha value is -2.92. The number of carbonyl (C=O) groups excluding carboxylic acids is 1. The number of nitriles is 1. The first-order valence-corrected chi connectivity index (χ1v) is 12.6. The molecule has 5 nitrogen and oxygen atoms in total. The second-order valence-electron chi connectivity index (χ2n) is 7.38. The molecule has 34 heavy (non-hydrogen) atoms. The number of thioether (sulfide) groups is 1. The molecule has 1 aromatic heterocycles. The van der Waals surface area contributed by atoms with Crippen molar-refractivity contribution in [2.24, 2.45) is 0 Å². The first-order valence-electron chi connectivity index (χ1n) is 11.3. The molecule has 1 aromatic carbocycles. The fraction of sp³-hybridized carbons (Fsp3) is 0.423. The molecule has 2 aromatic rings. The Kier molecular flexibility index (Phi) is 12.9. The highest BCUT2D eigenvalue weighted by Gasteiger charge is 2.37. The molecule has 1 N–H and O–H groups in total. The molecule has 184 valence electrons. The number of aromatic nitrogens is 2. The highest BCUT2D eigenvalue weighted by atomic mass is 32.2. The molecule has 0 radical (unpaired) electrons. The Morgan fingerprint density at radius 1 is 1.32 bits per heavy atom. The standard InChI is InChI=1S/C21H24F2N2S.C3H4N2O.C2H6/c1-4-5-15(2)25-14-19(16-6-8-18(26-3)9-7-16)20(24-25)17-10-12-21(22,23)13-11-17;4-1-2-5-3-6;1-2/h4-9,14,17H,2,10-13H2,1,3H3;3H,2H2,(H,5,6);1-2H3/b5-4-;;. The number of amides is 1. The van der Waals surface area contributed by atoms with Crippen LogP contribution in [0.1, 0.15) is 58.1 Å². The van der Waals surface area contributed by atoms with Gasteiger partial charge in [-0.2, -0.15) is 10.4 Å². The van der Waals surface area contributed by atoms with Crippen molar-refractivity contribution < 1.29 is 13.6 Å².